The van der Waals surface area contributed by atoms with E-state index in [1.807, 2.05) is 0 Å². The molecule has 0 radical (unpaired) electrons. The molecule has 7 nitrogen and oxygen atoms in total. The molecule has 3 atom stereocenters. The Morgan fingerprint density at radius 2 is 1.76 bits per heavy atom. The summed E-state index contributed by atoms with van der Waals surface area (Å²) in [6, 6.07) is -1.65. The number of nitrogens with zero attached hydrogens (tertiary/aromatic N) is 1. The number of amides is 2. The number of carbonyl (C=O) groups is 3. The average molecular weight is 298 g/mol. The second kappa shape index (κ2) is 6.78. The molecule has 21 heavy (non-hydrogen) atoms. The van der Waals surface area contributed by atoms with Gasteiger partial charge in [-0.25, -0.2) is 9.59 Å². The predicted molar refractivity (Wildman–Crippen MR) is 73.9 cm³/mol. The van der Waals surface area contributed by atoms with Crippen LogP contribution in [0.25, 0.3) is 0 Å². The monoisotopic (exact) mass is 298 g/mol. The first-order chi connectivity index (χ1) is 9.99. The van der Waals surface area contributed by atoms with E-state index < -0.39 is 30.4 Å². The lowest BCUT2D eigenvalue weighted by Crippen LogP contribution is -2.56. The molecule has 0 aromatic carbocycles. The van der Waals surface area contributed by atoms with Gasteiger partial charge in [-0.05, 0) is 31.6 Å². The van der Waals surface area contributed by atoms with E-state index in [1.54, 1.807) is 4.90 Å². The molecule has 0 unspecified atom stereocenters. The van der Waals surface area contributed by atoms with Crippen molar-refractivity contribution < 1.29 is 24.6 Å². The predicted octanol–water partition coefficient (Wildman–Crippen LogP) is 1.28. The van der Waals surface area contributed by atoms with Gasteiger partial charge in [0.2, 0.25) is 0 Å². The number of urea groups is 1. The molecule has 0 aromatic heterocycles. The van der Waals surface area contributed by atoms with Gasteiger partial charge in [0.05, 0.1) is 6.42 Å². The standard InChI is InChI=1S/C14H22N2O5/c17-12(18)8-10(13(19)20)15-14(21)16-7-3-5-9-4-1-2-6-11(9)16/h9-11H,1-8H2,(H,15,21)(H,17,18)(H,19,20)/t9-,10-,11-/m1/s1. The van der Waals surface area contributed by atoms with E-state index in [0.29, 0.717) is 12.5 Å². The normalized spacial score (nSPS) is 26.6. The quantitative estimate of drug-likeness (QED) is 0.724. The van der Waals surface area contributed by atoms with Crippen LogP contribution in [0.2, 0.25) is 0 Å². The van der Waals surface area contributed by atoms with Crippen molar-refractivity contribution in [3.05, 3.63) is 0 Å². The van der Waals surface area contributed by atoms with Gasteiger partial charge >= 0.3 is 18.0 Å². The summed E-state index contributed by atoms with van der Waals surface area (Å²) in [5, 5.41) is 20.1. The Kier molecular flexibility index (Phi) is 5.03. The van der Waals surface area contributed by atoms with Gasteiger partial charge in [0.1, 0.15) is 6.04 Å². The van der Waals surface area contributed by atoms with E-state index >= 15 is 0 Å². The summed E-state index contributed by atoms with van der Waals surface area (Å²) in [6.07, 6.45) is 5.77. The molecule has 2 amide bonds. The summed E-state index contributed by atoms with van der Waals surface area (Å²) in [5.74, 6) is -2.05. The Morgan fingerprint density at radius 3 is 2.43 bits per heavy atom. The number of aliphatic carboxylic acids is 2. The highest BCUT2D eigenvalue weighted by atomic mass is 16.4. The van der Waals surface area contributed by atoms with Gasteiger partial charge in [0.15, 0.2) is 0 Å². The SMILES string of the molecule is O=C(O)C[C@@H](NC(=O)N1CCC[C@H]2CCCC[C@H]21)C(=O)O. The molecule has 2 fully saturated rings. The molecule has 0 aromatic rings. The molecule has 1 aliphatic heterocycles. The van der Waals surface area contributed by atoms with Crippen LogP contribution in [0, 0.1) is 5.92 Å². The summed E-state index contributed by atoms with van der Waals surface area (Å²) in [6.45, 7) is 0.617. The largest absolute Gasteiger partial charge is 0.481 e. The van der Waals surface area contributed by atoms with Crippen molar-refractivity contribution in [1.82, 2.24) is 10.2 Å². The second-order valence-corrected chi connectivity index (χ2v) is 5.89. The second-order valence-electron chi connectivity index (χ2n) is 5.89. The molecule has 7 heteroatoms. The number of carbonyl (C=O) groups excluding carboxylic acids is 1. The minimum atomic E-state index is -1.38. The van der Waals surface area contributed by atoms with E-state index in [-0.39, 0.29) is 6.04 Å². The maximum absolute atomic E-state index is 12.3. The highest BCUT2D eigenvalue weighted by Gasteiger charge is 2.37. The molecule has 3 N–H and O–H groups in total. The van der Waals surface area contributed by atoms with Gasteiger partial charge in [-0.3, -0.25) is 4.79 Å². The van der Waals surface area contributed by atoms with Gasteiger partial charge in [0, 0.05) is 12.6 Å². The molecular formula is C14H22N2O5. The minimum Gasteiger partial charge on any atom is -0.481 e. The molecular weight excluding hydrogens is 276 g/mol. The number of carboxylic acids is 2. The van der Waals surface area contributed by atoms with Crippen LogP contribution >= 0.6 is 0 Å². The lowest BCUT2D eigenvalue weighted by molar-refractivity contribution is -0.145. The lowest BCUT2D eigenvalue weighted by atomic mass is 9.78. The van der Waals surface area contributed by atoms with Gasteiger partial charge in [-0.1, -0.05) is 12.8 Å². The Balaban J connectivity index is 2.00. The molecule has 2 rings (SSSR count). The van der Waals surface area contributed by atoms with Crippen LogP contribution in [0.4, 0.5) is 4.79 Å². The first-order valence-corrected chi connectivity index (χ1v) is 7.50. The molecule has 1 saturated carbocycles. The van der Waals surface area contributed by atoms with Crippen LogP contribution in [0.5, 0.6) is 0 Å². The van der Waals surface area contributed by atoms with Gasteiger partial charge < -0.3 is 20.4 Å². The zero-order chi connectivity index (χ0) is 15.4. The van der Waals surface area contributed by atoms with Crippen LogP contribution in [-0.4, -0.2) is 51.7 Å². The maximum atomic E-state index is 12.3. The third kappa shape index (κ3) is 3.86. The molecule has 0 bridgehead atoms. The number of fused-ring (bicyclic) bond motifs is 1. The molecule has 1 aliphatic carbocycles. The van der Waals surface area contributed by atoms with Crippen molar-refractivity contribution >= 4 is 18.0 Å². The molecule has 0 spiro atoms. The number of likely N-dealkylation sites (tertiary alicyclic amines) is 1. The number of hydrogen-bond acceptors (Lipinski definition) is 3. The van der Waals surface area contributed by atoms with E-state index in [2.05, 4.69) is 5.32 Å². The number of nitrogens with one attached hydrogen (secondary N) is 1. The summed E-state index contributed by atoms with van der Waals surface area (Å²) in [7, 11) is 0. The molecule has 2 aliphatic rings. The van der Waals surface area contributed by atoms with Crippen LogP contribution in [0.3, 0.4) is 0 Å². The van der Waals surface area contributed by atoms with Crippen molar-refractivity contribution in [3.8, 4) is 0 Å². The highest BCUT2D eigenvalue weighted by molar-refractivity contribution is 5.86. The van der Waals surface area contributed by atoms with Crippen LogP contribution in [0.15, 0.2) is 0 Å². The number of piperidine rings is 1. The van der Waals surface area contributed by atoms with Crippen molar-refractivity contribution in [2.45, 2.75) is 57.0 Å². The Labute approximate surface area is 123 Å². The third-order valence-electron chi connectivity index (χ3n) is 4.48. The fourth-order valence-electron chi connectivity index (χ4n) is 3.48. The summed E-state index contributed by atoms with van der Waals surface area (Å²) in [4.78, 5) is 35.7. The number of hydrogen-bond donors (Lipinski definition) is 3. The first kappa shape index (κ1) is 15.6. The Morgan fingerprint density at radius 1 is 1.10 bits per heavy atom. The topological polar surface area (TPSA) is 107 Å². The smallest absolute Gasteiger partial charge is 0.326 e. The Bertz CT molecular complexity index is 424. The van der Waals surface area contributed by atoms with Crippen molar-refractivity contribution in [2.24, 2.45) is 5.92 Å². The minimum absolute atomic E-state index is 0.173. The number of rotatable bonds is 4. The summed E-state index contributed by atoms with van der Waals surface area (Å²) < 4.78 is 0. The van der Waals surface area contributed by atoms with Crippen molar-refractivity contribution in [2.75, 3.05) is 6.54 Å². The Hall–Kier alpha value is -1.79. The van der Waals surface area contributed by atoms with Crippen molar-refractivity contribution in [3.63, 3.8) is 0 Å². The fraction of sp³-hybridized carbons (Fsp3) is 0.786. The zero-order valence-corrected chi connectivity index (χ0v) is 12.0. The van der Waals surface area contributed by atoms with E-state index in [0.717, 1.165) is 32.1 Å². The van der Waals surface area contributed by atoms with Crippen LogP contribution < -0.4 is 5.32 Å². The van der Waals surface area contributed by atoms with Crippen LogP contribution in [-0.2, 0) is 9.59 Å². The van der Waals surface area contributed by atoms with E-state index in [4.69, 9.17) is 10.2 Å². The fourth-order valence-corrected chi connectivity index (χ4v) is 3.48. The van der Waals surface area contributed by atoms with Crippen LogP contribution in [0.1, 0.15) is 44.9 Å². The zero-order valence-electron chi connectivity index (χ0n) is 12.0. The van der Waals surface area contributed by atoms with Gasteiger partial charge in [0.25, 0.3) is 0 Å². The summed E-state index contributed by atoms with van der Waals surface area (Å²) in [5.41, 5.74) is 0. The maximum Gasteiger partial charge on any atom is 0.326 e. The number of carboxylic acid groups (broad SMARTS) is 2. The summed E-state index contributed by atoms with van der Waals surface area (Å²) >= 11 is 0. The van der Waals surface area contributed by atoms with Crippen molar-refractivity contribution in [1.29, 1.82) is 0 Å². The highest BCUT2D eigenvalue weighted by Crippen LogP contribution is 2.35. The average Bonchev–Trinajstić information content (AvgIpc) is 2.45. The van der Waals surface area contributed by atoms with E-state index in [1.165, 1.54) is 6.42 Å². The lowest BCUT2D eigenvalue weighted by Gasteiger charge is -2.44. The first-order valence-electron chi connectivity index (χ1n) is 7.50. The van der Waals surface area contributed by atoms with Gasteiger partial charge in [-0.2, -0.15) is 0 Å². The molecule has 1 heterocycles. The third-order valence-corrected chi connectivity index (χ3v) is 4.48. The van der Waals surface area contributed by atoms with Gasteiger partial charge in [-0.15, -0.1) is 0 Å². The van der Waals surface area contributed by atoms with E-state index in [9.17, 15) is 14.4 Å². The molecule has 1 saturated heterocycles. The molecule has 118 valence electrons.